The van der Waals surface area contributed by atoms with Gasteiger partial charge in [-0.2, -0.15) is 0 Å². The Morgan fingerprint density at radius 3 is 2.00 bits per heavy atom. The van der Waals surface area contributed by atoms with Gasteiger partial charge in [0.2, 0.25) is 5.91 Å². The van der Waals surface area contributed by atoms with Crippen LogP contribution < -0.4 is 5.11 Å². The van der Waals surface area contributed by atoms with E-state index in [9.17, 15) is 9.90 Å². The number of rotatable bonds is 3. The van der Waals surface area contributed by atoms with Gasteiger partial charge in [0, 0.05) is 5.92 Å². The predicted molar refractivity (Wildman–Crippen MR) is 75.1 cm³/mol. The van der Waals surface area contributed by atoms with Gasteiger partial charge in [0.15, 0.2) is 0 Å². The molecule has 0 aromatic carbocycles. The maximum Gasteiger partial charge on any atom is 0.248 e. The van der Waals surface area contributed by atoms with Gasteiger partial charge in [0.1, 0.15) is 0 Å². The second-order valence-electron chi connectivity index (χ2n) is 5.10. The van der Waals surface area contributed by atoms with Crippen LogP contribution in [0.25, 0.3) is 0 Å². The molecule has 2 aliphatic rings. The van der Waals surface area contributed by atoms with Crippen LogP contribution in [0, 0.1) is 11.8 Å². The first-order valence-corrected chi connectivity index (χ1v) is 15.5. The molecular formula is C14H25NO2Pb-. The Labute approximate surface area is 119 Å². The second kappa shape index (κ2) is 8.28. The van der Waals surface area contributed by atoms with Crippen LogP contribution in [0.4, 0.5) is 0 Å². The first-order valence-electron chi connectivity index (χ1n) is 7.26. The molecule has 1 amide bonds. The van der Waals surface area contributed by atoms with Crippen LogP contribution in [0.5, 0.6) is 0 Å². The van der Waals surface area contributed by atoms with Crippen molar-refractivity contribution in [2.75, 3.05) is 0 Å². The number of fused-ring (bicyclic) bond motifs is 1. The van der Waals surface area contributed by atoms with E-state index in [1.165, 1.54) is 0 Å². The summed E-state index contributed by atoms with van der Waals surface area (Å²) in [6.45, 7) is 7.07. The standard InChI is InChI=1S/C8H11NO2.3C2H5.Pb/c10-7-5-3-1-2-4-6(5)8(11)9-7;3*1-2;/h5-6H,1-4H2,(H,9,10,11);3*1H2,2H3;/p-1. The number of nitrogens with zero attached hydrogens (tertiary/aromatic N) is 1. The Bertz CT molecular complexity index is 295. The van der Waals surface area contributed by atoms with Crippen LogP contribution in [0.1, 0.15) is 46.5 Å². The van der Waals surface area contributed by atoms with E-state index in [0.29, 0.717) is 0 Å². The van der Waals surface area contributed by atoms with Gasteiger partial charge in [-0.05, 0) is 24.7 Å². The monoisotopic (exact) mass is 447 g/mol. The van der Waals surface area contributed by atoms with Gasteiger partial charge in [0.05, 0.1) is 0 Å². The molecule has 2 rings (SSSR count). The van der Waals surface area contributed by atoms with E-state index in [1.54, 1.807) is 11.9 Å². The number of carbonyl (C=O) groups is 1. The molecule has 103 valence electrons. The fraction of sp³-hybridized carbons (Fsp3) is 0.857. The van der Waals surface area contributed by atoms with Gasteiger partial charge in [0.25, 0.3) is 0 Å². The van der Waals surface area contributed by atoms with Gasteiger partial charge in [-0.15, -0.1) is 0 Å². The van der Waals surface area contributed by atoms with E-state index in [-0.39, 0.29) is 23.6 Å². The summed E-state index contributed by atoms with van der Waals surface area (Å²) in [4.78, 5) is 14.5. The molecule has 0 aromatic rings. The Morgan fingerprint density at radius 1 is 1.11 bits per heavy atom. The first-order chi connectivity index (χ1) is 8.63. The van der Waals surface area contributed by atoms with Crippen LogP contribution in [0.3, 0.4) is 0 Å². The molecule has 0 saturated heterocycles. The normalized spacial score (nSPS) is 26.4. The van der Waals surface area contributed by atoms with E-state index in [1.807, 2.05) is 0 Å². The van der Waals surface area contributed by atoms with Crippen molar-refractivity contribution < 1.29 is 9.90 Å². The van der Waals surface area contributed by atoms with Gasteiger partial charge in [-0.1, -0.05) is 12.8 Å². The molecule has 0 spiro atoms. The quantitative estimate of drug-likeness (QED) is 0.626. The van der Waals surface area contributed by atoms with Crippen LogP contribution in [0.2, 0.25) is 11.9 Å². The molecule has 0 N–H and O–H groups in total. The van der Waals surface area contributed by atoms with Crippen LogP contribution >= 0.6 is 0 Å². The summed E-state index contributed by atoms with van der Waals surface area (Å²) in [5.74, 6) is -0.424. The largest absolute Gasteiger partial charge is 0.861 e. The summed E-state index contributed by atoms with van der Waals surface area (Å²) >= 11 is -0.789. The summed E-state index contributed by atoms with van der Waals surface area (Å²) in [5, 5.41) is 11.0. The van der Waals surface area contributed by atoms with Gasteiger partial charge >= 0.3 is 55.4 Å². The van der Waals surface area contributed by atoms with Crippen LogP contribution in [-0.2, 0) is 4.79 Å². The maximum atomic E-state index is 11.0. The molecule has 1 aliphatic carbocycles. The molecule has 1 saturated carbocycles. The van der Waals surface area contributed by atoms with Crippen molar-refractivity contribution in [2.45, 2.75) is 58.4 Å². The zero-order valence-corrected chi connectivity index (χ0v) is 15.8. The Balaban J connectivity index is 0.000000203. The second-order valence-corrected chi connectivity index (χ2v) is 19.2. The zero-order valence-electron chi connectivity index (χ0n) is 11.9. The topological polar surface area (TPSA) is 52.5 Å². The fourth-order valence-corrected chi connectivity index (χ4v) is 8.58. The number of aliphatic imine (C=N–C) groups is 1. The third kappa shape index (κ3) is 4.31. The van der Waals surface area contributed by atoms with Crippen molar-refractivity contribution in [3.8, 4) is 0 Å². The van der Waals surface area contributed by atoms with Gasteiger partial charge in [-0.3, -0.25) is 4.79 Å². The molecule has 4 heteroatoms. The minimum atomic E-state index is -0.789. The third-order valence-electron chi connectivity index (χ3n) is 4.12. The number of hydrogen-bond acceptors (Lipinski definition) is 2. The van der Waals surface area contributed by atoms with Crippen LogP contribution in [0.15, 0.2) is 4.99 Å². The number of carbonyl (C=O) groups excluding carboxylic acids is 1. The van der Waals surface area contributed by atoms with Crippen LogP contribution in [-0.4, -0.2) is 34.5 Å². The smallest absolute Gasteiger partial charge is 0.248 e. The summed E-state index contributed by atoms with van der Waals surface area (Å²) in [7, 11) is 0. The van der Waals surface area contributed by atoms with E-state index >= 15 is 0 Å². The molecule has 1 heterocycles. The summed E-state index contributed by atoms with van der Waals surface area (Å²) in [5.41, 5.74) is 0. The number of hydrogen-bond donors (Lipinski definition) is 0. The molecule has 2 atom stereocenters. The minimum Gasteiger partial charge on any atom is -0.861 e. The van der Waals surface area contributed by atoms with Crippen molar-refractivity contribution in [1.82, 2.24) is 0 Å². The SMILES string of the molecule is C[CH2][Pb]([CH2]C)[CH2]C.O=C1N=C([O-])C2CCCCC12. The summed E-state index contributed by atoms with van der Waals surface area (Å²) in [6.07, 6.45) is 3.91. The number of amides is 1. The maximum absolute atomic E-state index is 11.0. The van der Waals surface area contributed by atoms with E-state index in [0.717, 1.165) is 25.7 Å². The van der Waals surface area contributed by atoms with E-state index < -0.39 is 22.7 Å². The Hall–Kier alpha value is 0.0621. The van der Waals surface area contributed by atoms with Crippen molar-refractivity contribution in [3.63, 3.8) is 0 Å². The van der Waals surface area contributed by atoms with E-state index in [2.05, 4.69) is 25.8 Å². The van der Waals surface area contributed by atoms with Crippen molar-refractivity contribution >= 4 is 34.5 Å². The average molecular weight is 447 g/mol. The van der Waals surface area contributed by atoms with E-state index in [4.69, 9.17) is 0 Å². The summed E-state index contributed by atoms with van der Waals surface area (Å²) < 4.78 is 4.70. The first kappa shape index (κ1) is 16.1. The van der Waals surface area contributed by atoms with Gasteiger partial charge in [-0.25, -0.2) is 4.99 Å². The van der Waals surface area contributed by atoms with Crippen molar-refractivity contribution in [2.24, 2.45) is 16.8 Å². The third-order valence-corrected chi connectivity index (χ3v) is 15.8. The van der Waals surface area contributed by atoms with Crippen molar-refractivity contribution in [1.29, 1.82) is 0 Å². The molecule has 0 bridgehead atoms. The zero-order chi connectivity index (χ0) is 13.5. The molecule has 0 aromatic heterocycles. The predicted octanol–water partition coefficient (Wildman–Crippen LogP) is 2.63. The molecule has 1 fully saturated rings. The molecular weight excluding hydrogens is 421 g/mol. The Morgan fingerprint density at radius 2 is 1.61 bits per heavy atom. The Kier molecular flexibility index (Phi) is 7.41. The molecule has 1 aliphatic heterocycles. The minimum absolute atomic E-state index is 0.0451. The molecule has 1 radical (unpaired) electrons. The van der Waals surface area contributed by atoms with Crippen molar-refractivity contribution in [3.05, 3.63) is 0 Å². The molecule has 3 nitrogen and oxygen atoms in total. The average Bonchev–Trinajstić information content (AvgIpc) is 2.69. The van der Waals surface area contributed by atoms with Gasteiger partial charge < -0.3 is 5.11 Å². The fourth-order valence-electron chi connectivity index (χ4n) is 2.75. The summed E-state index contributed by atoms with van der Waals surface area (Å²) in [6, 6.07) is 0. The molecule has 18 heavy (non-hydrogen) atoms. The molecule has 2 unspecified atom stereocenters.